The van der Waals surface area contributed by atoms with Crippen molar-refractivity contribution in [3.63, 3.8) is 0 Å². The van der Waals surface area contributed by atoms with Crippen LogP contribution in [0.2, 0.25) is 10.0 Å². The highest BCUT2D eigenvalue weighted by atomic mass is 35.5. The molecule has 8 heteroatoms. The third-order valence-corrected chi connectivity index (χ3v) is 5.96. The predicted octanol–water partition coefficient (Wildman–Crippen LogP) is 1.90. The van der Waals surface area contributed by atoms with Gasteiger partial charge in [-0.2, -0.15) is 4.31 Å². The number of aliphatic hydroxyl groups excluding tert-OH is 1. The van der Waals surface area contributed by atoms with E-state index < -0.39 is 10.0 Å². The lowest BCUT2D eigenvalue weighted by atomic mass is 10.2. The first-order valence-electron chi connectivity index (χ1n) is 6.06. The van der Waals surface area contributed by atoms with Crippen molar-refractivity contribution in [2.45, 2.75) is 24.5 Å². The topological polar surface area (TPSA) is 66.8 Å². The van der Waals surface area contributed by atoms with Gasteiger partial charge >= 0.3 is 0 Å². The van der Waals surface area contributed by atoms with E-state index in [1.165, 1.54) is 16.4 Å². The highest BCUT2D eigenvalue weighted by molar-refractivity contribution is 7.89. The van der Waals surface area contributed by atoms with Gasteiger partial charge in [0.2, 0.25) is 10.0 Å². The van der Waals surface area contributed by atoms with E-state index >= 15 is 0 Å². The van der Waals surface area contributed by atoms with Crippen LogP contribution in [0.25, 0.3) is 0 Å². The number of rotatable bonds is 3. The van der Waals surface area contributed by atoms with Crippen LogP contribution < -0.4 is 0 Å². The van der Waals surface area contributed by atoms with Gasteiger partial charge in [-0.25, -0.2) is 8.42 Å². The molecule has 1 heterocycles. The Kier molecular flexibility index (Phi) is 4.94. The van der Waals surface area contributed by atoms with Crippen molar-refractivity contribution in [2.75, 3.05) is 19.8 Å². The zero-order chi connectivity index (χ0) is 14.9. The van der Waals surface area contributed by atoms with Gasteiger partial charge in [0.1, 0.15) is 4.90 Å². The van der Waals surface area contributed by atoms with Crippen molar-refractivity contribution in [3.05, 3.63) is 27.7 Å². The number of ether oxygens (including phenoxy) is 1. The van der Waals surface area contributed by atoms with E-state index in [9.17, 15) is 13.5 Å². The molecule has 1 aliphatic heterocycles. The van der Waals surface area contributed by atoms with Crippen molar-refractivity contribution in [2.24, 2.45) is 0 Å². The summed E-state index contributed by atoms with van der Waals surface area (Å²) < 4.78 is 31.9. The van der Waals surface area contributed by atoms with Crippen LogP contribution in [-0.4, -0.2) is 43.6 Å². The van der Waals surface area contributed by atoms with Gasteiger partial charge in [-0.05, 0) is 24.6 Å². The Morgan fingerprint density at radius 1 is 1.45 bits per heavy atom. The lowest BCUT2D eigenvalue weighted by molar-refractivity contribution is 0.0393. The maximum atomic E-state index is 12.7. The summed E-state index contributed by atoms with van der Waals surface area (Å²) in [6.07, 6.45) is 0. The van der Waals surface area contributed by atoms with E-state index in [1.54, 1.807) is 6.92 Å². The van der Waals surface area contributed by atoms with Crippen molar-refractivity contribution in [1.29, 1.82) is 0 Å². The molecule has 112 valence electrons. The Morgan fingerprint density at radius 2 is 2.15 bits per heavy atom. The van der Waals surface area contributed by atoms with Gasteiger partial charge in [-0.3, -0.25) is 0 Å². The fraction of sp³-hybridized carbons (Fsp3) is 0.500. The second kappa shape index (κ2) is 6.17. The lowest BCUT2D eigenvalue weighted by Gasteiger charge is -2.32. The molecule has 1 aromatic carbocycles. The molecule has 0 bridgehead atoms. The van der Waals surface area contributed by atoms with Crippen LogP contribution in [0.3, 0.4) is 0 Å². The van der Waals surface area contributed by atoms with Crippen LogP contribution in [0.15, 0.2) is 17.0 Å². The third-order valence-electron chi connectivity index (χ3n) is 3.14. The minimum atomic E-state index is -3.77. The number of halogens is 2. The van der Waals surface area contributed by atoms with Gasteiger partial charge in [-0.1, -0.05) is 23.2 Å². The van der Waals surface area contributed by atoms with Crippen LogP contribution in [-0.2, 0) is 21.4 Å². The molecule has 0 spiro atoms. The first kappa shape index (κ1) is 16.0. The Labute approximate surface area is 128 Å². The van der Waals surface area contributed by atoms with E-state index in [4.69, 9.17) is 27.9 Å². The quantitative estimate of drug-likeness (QED) is 0.913. The number of sulfonamides is 1. The first-order chi connectivity index (χ1) is 9.37. The van der Waals surface area contributed by atoms with Gasteiger partial charge in [0.15, 0.2) is 0 Å². The fourth-order valence-corrected chi connectivity index (χ4v) is 4.62. The maximum Gasteiger partial charge on any atom is 0.245 e. The van der Waals surface area contributed by atoms with Crippen LogP contribution in [0.5, 0.6) is 0 Å². The van der Waals surface area contributed by atoms with E-state index in [-0.39, 0.29) is 34.1 Å². The number of hydrogen-bond donors (Lipinski definition) is 1. The summed E-state index contributed by atoms with van der Waals surface area (Å²) in [6.45, 7) is 2.34. The highest BCUT2D eigenvalue weighted by Crippen LogP contribution is 2.32. The molecule has 2 rings (SSSR count). The first-order valence-corrected chi connectivity index (χ1v) is 8.26. The Morgan fingerprint density at radius 3 is 2.75 bits per heavy atom. The molecule has 1 unspecified atom stereocenters. The maximum absolute atomic E-state index is 12.7. The molecular formula is C12H15Cl2NO4S. The smallest absolute Gasteiger partial charge is 0.245 e. The molecule has 0 radical (unpaired) electrons. The number of hydrogen-bond acceptors (Lipinski definition) is 4. The van der Waals surface area contributed by atoms with E-state index in [0.29, 0.717) is 18.8 Å². The minimum absolute atomic E-state index is 0.00981. The fourth-order valence-electron chi connectivity index (χ4n) is 2.12. The number of benzene rings is 1. The molecule has 5 nitrogen and oxygen atoms in total. The molecule has 0 amide bonds. The molecular weight excluding hydrogens is 325 g/mol. The average Bonchev–Trinajstić information content (AvgIpc) is 2.41. The molecule has 0 aliphatic carbocycles. The number of aliphatic hydroxyl groups is 1. The number of nitrogens with zero attached hydrogens (tertiary/aromatic N) is 1. The van der Waals surface area contributed by atoms with E-state index in [1.807, 2.05) is 0 Å². The summed E-state index contributed by atoms with van der Waals surface area (Å²) >= 11 is 12.0. The van der Waals surface area contributed by atoms with Gasteiger partial charge in [-0.15, -0.1) is 0 Å². The summed E-state index contributed by atoms with van der Waals surface area (Å²) in [5.41, 5.74) is 0.290. The zero-order valence-electron chi connectivity index (χ0n) is 10.8. The van der Waals surface area contributed by atoms with Crippen LogP contribution >= 0.6 is 23.2 Å². The van der Waals surface area contributed by atoms with Crippen LogP contribution in [0.1, 0.15) is 12.5 Å². The number of morpholine rings is 1. The Bertz CT molecular complexity index is 606. The third kappa shape index (κ3) is 2.95. The molecule has 1 N–H and O–H groups in total. The molecule has 1 saturated heterocycles. The zero-order valence-corrected chi connectivity index (χ0v) is 13.2. The molecule has 0 aromatic heterocycles. The molecule has 0 saturated carbocycles. The normalized spacial score (nSPS) is 21.1. The summed E-state index contributed by atoms with van der Waals surface area (Å²) in [5.74, 6) is 0. The standard InChI is InChI=1S/C12H15Cl2NO4S/c1-8-7-19-3-2-15(8)20(17,18)11-5-10(13)4-9(6-16)12(11)14/h4-5,8,16H,2-3,6-7H2,1H3. The highest BCUT2D eigenvalue weighted by Gasteiger charge is 2.33. The average molecular weight is 340 g/mol. The molecule has 1 atom stereocenters. The van der Waals surface area contributed by atoms with Crippen molar-refractivity contribution in [1.82, 2.24) is 4.31 Å². The molecule has 1 aliphatic rings. The largest absolute Gasteiger partial charge is 0.392 e. The van der Waals surface area contributed by atoms with E-state index in [0.717, 1.165) is 0 Å². The molecule has 20 heavy (non-hydrogen) atoms. The summed E-state index contributed by atoms with van der Waals surface area (Å²) in [7, 11) is -3.77. The van der Waals surface area contributed by atoms with Gasteiger partial charge in [0.05, 0.1) is 24.8 Å². The molecule has 1 aromatic rings. The van der Waals surface area contributed by atoms with Gasteiger partial charge in [0.25, 0.3) is 0 Å². The second-order valence-electron chi connectivity index (χ2n) is 4.57. The summed E-state index contributed by atoms with van der Waals surface area (Å²) in [6, 6.07) is 2.48. The summed E-state index contributed by atoms with van der Waals surface area (Å²) in [4.78, 5) is -0.0792. The Hall–Kier alpha value is -0.370. The predicted molar refractivity (Wildman–Crippen MR) is 76.6 cm³/mol. The van der Waals surface area contributed by atoms with Crippen molar-refractivity contribution < 1.29 is 18.3 Å². The second-order valence-corrected chi connectivity index (χ2v) is 7.25. The van der Waals surface area contributed by atoms with Crippen molar-refractivity contribution >= 4 is 33.2 Å². The minimum Gasteiger partial charge on any atom is -0.392 e. The van der Waals surface area contributed by atoms with E-state index in [2.05, 4.69) is 0 Å². The summed E-state index contributed by atoms with van der Waals surface area (Å²) in [5, 5.41) is 9.45. The lowest BCUT2D eigenvalue weighted by Crippen LogP contribution is -2.47. The SMILES string of the molecule is CC1COCCN1S(=O)(=O)c1cc(Cl)cc(CO)c1Cl. The van der Waals surface area contributed by atoms with Crippen LogP contribution in [0, 0.1) is 0 Å². The van der Waals surface area contributed by atoms with Crippen LogP contribution in [0.4, 0.5) is 0 Å². The van der Waals surface area contributed by atoms with Gasteiger partial charge < -0.3 is 9.84 Å². The van der Waals surface area contributed by atoms with Gasteiger partial charge in [0, 0.05) is 17.6 Å². The monoisotopic (exact) mass is 339 g/mol. The Balaban J connectivity index is 2.51. The van der Waals surface area contributed by atoms with Crippen molar-refractivity contribution in [3.8, 4) is 0 Å². The molecule has 1 fully saturated rings.